The fraction of sp³-hybridized carbons (Fsp3) is 0.800. The molecule has 11 nitrogen and oxygen atoms in total. The average Bonchev–Trinajstić information content (AvgIpc) is 3.44. The van der Waals surface area contributed by atoms with E-state index in [9.17, 15) is 24.0 Å². The molecule has 0 unspecified atom stereocenters. The van der Waals surface area contributed by atoms with Crippen LogP contribution < -0.4 is 10.6 Å². The van der Waals surface area contributed by atoms with Gasteiger partial charge in [0.25, 0.3) is 0 Å². The van der Waals surface area contributed by atoms with E-state index in [0.717, 1.165) is 25.8 Å². The lowest BCUT2D eigenvalue weighted by atomic mass is 9.84. The molecule has 2 rings (SSSR count). The Bertz CT molecular complexity index is 1140. The molecule has 0 aromatic rings. The van der Waals surface area contributed by atoms with E-state index in [-0.39, 0.29) is 42.3 Å². The number of likely N-dealkylation sites (tertiary alicyclic amines) is 2. The molecule has 0 aromatic carbocycles. The van der Waals surface area contributed by atoms with Gasteiger partial charge in [0.1, 0.15) is 24.2 Å². The van der Waals surface area contributed by atoms with Gasteiger partial charge in [-0.2, -0.15) is 0 Å². The maximum atomic E-state index is 14.1. The molecule has 2 heterocycles. The highest BCUT2D eigenvalue weighted by Crippen LogP contribution is 2.27. The van der Waals surface area contributed by atoms with Crippen molar-refractivity contribution in [2.45, 2.75) is 144 Å². The first-order chi connectivity index (χ1) is 21.2. The van der Waals surface area contributed by atoms with Crippen molar-refractivity contribution in [2.75, 3.05) is 26.7 Å². The Balaban J connectivity index is 2.21. The minimum absolute atomic E-state index is 0.0331. The molecule has 11 heteroatoms. The van der Waals surface area contributed by atoms with Crippen molar-refractivity contribution in [1.82, 2.24) is 25.3 Å². The van der Waals surface area contributed by atoms with Crippen LogP contribution in [0.15, 0.2) is 11.6 Å². The van der Waals surface area contributed by atoms with Crippen molar-refractivity contribution in [3.63, 3.8) is 0 Å². The first kappa shape index (κ1) is 39.2. The topological polar surface area (TPSA) is 128 Å². The van der Waals surface area contributed by atoms with Crippen LogP contribution in [-0.2, 0) is 28.7 Å². The molecule has 0 spiro atoms. The summed E-state index contributed by atoms with van der Waals surface area (Å²) in [6, 6.07) is -1.93. The number of esters is 1. The average molecular weight is 648 g/mol. The van der Waals surface area contributed by atoms with Crippen molar-refractivity contribution < 1.29 is 28.7 Å². The van der Waals surface area contributed by atoms with Crippen molar-refractivity contribution in [2.24, 2.45) is 11.3 Å². The minimum atomic E-state index is -0.761. The highest BCUT2D eigenvalue weighted by Gasteiger charge is 2.40. The molecule has 4 amide bonds. The molecule has 0 aliphatic carbocycles. The summed E-state index contributed by atoms with van der Waals surface area (Å²) in [6.07, 6.45) is 5.75. The second-order valence-corrected chi connectivity index (χ2v) is 15.6. The molecule has 262 valence electrons. The van der Waals surface area contributed by atoms with Crippen molar-refractivity contribution in [1.29, 1.82) is 0 Å². The molecule has 46 heavy (non-hydrogen) atoms. The lowest BCUT2D eigenvalue weighted by Crippen LogP contribution is -2.60. The molecule has 0 aromatic heterocycles. The number of carbonyl (C=O) groups excluding carboxylic acids is 5. The maximum Gasteiger partial charge on any atom is 0.325 e. The Morgan fingerprint density at radius 3 is 2.04 bits per heavy atom. The van der Waals surface area contributed by atoms with Crippen molar-refractivity contribution in [3.05, 3.63) is 11.6 Å². The standard InChI is InChI=1S/C35H61N5O6/c1-22(2)27(20-24(5)32(44)40-19-15-17-25(40)30(42)36-21-28(41)46-35(9,10)11)38(12)33(45)29(34(6,7)8)37-31(43)26-16-13-14-18-39(26)23(3)4/h20,22-23,25-27,29H,13-19,21H2,1-12H3,(H,36,42)(H,37,43)/b24-20+/t25-,26+,27+,29+/m0/s1. The molecular formula is C35H61N5O6. The van der Waals surface area contributed by atoms with Crippen LogP contribution in [0.1, 0.15) is 108 Å². The lowest BCUT2D eigenvalue weighted by Gasteiger charge is -2.41. The number of piperidine rings is 1. The third-order valence-electron chi connectivity index (χ3n) is 8.79. The van der Waals surface area contributed by atoms with Gasteiger partial charge in [0.15, 0.2) is 0 Å². The number of rotatable bonds is 11. The normalized spacial score (nSPS) is 21.2. The quantitative estimate of drug-likeness (QED) is 0.259. The van der Waals surface area contributed by atoms with Gasteiger partial charge in [0.2, 0.25) is 23.6 Å². The molecule has 2 aliphatic rings. The highest BCUT2D eigenvalue weighted by molar-refractivity contribution is 5.97. The summed E-state index contributed by atoms with van der Waals surface area (Å²) in [7, 11) is 1.72. The van der Waals surface area contributed by atoms with Crippen LogP contribution in [0.4, 0.5) is 0 Å². The second kappa shape index (κ2) is 16.2. The zero-order valence-electron chi connectivity index (χ0n) is 30.5. The fourth-order valence-electron chi connectivity index (χ4n) is 6.33. The summed E-state index contributed by atoms with van der Waals surface area (Å²) >= 11 is 0. The molecule has 4 atom stereocenters. The van der Waals surface area contributed by atoms with E-state index >= 15 is 0 Å². The SMILES string of the molecule is C/C(=C\[C@H](C(C)C)N(C)C(=O)[C@@H](NC(=O)[C@H]1CCCCN1C(C)C)C(C)(C)C)C(=O)N1CCC[C@H]1C(=O)NCC(=O)OC(C)(C)C. The summed E-state index contributed by atoms with van der Waals surface area (Å²) in [5, 5.41) is 5.73. The molecule has 2 aliphatic heterocycles. The monoisotopic (exact) mass is 647 g/mol. The number of nitrogens with zero attached hydrogens (tertiary/aromatic N) is 3. The summed E-state index contributed by atoms with van der Waals surface area (Å²) < 4.78 is 5.27. The fourth-order valence-corrected chi connectivity index (χ4v) is 6.33. The molecule has 2 saturated heterocycles. The van der Waals surface area contributed by atoms with E-state index in [0.29, 0.717) is 25.0 Å². The highest BCUT2D eigenvalue weighted by atomic mass is 16.6. The Morgan fingerprint density at radius 2 is 1.50 bits per heavy atom. The number of ether oxygens (including phenoxy) is 1. The molecular weight excluding hydrogens is 586 g/mol. The largest absolute Gasteiger partial charge is 0.459 e. The Kier molecular flexibility index (Phi) is 13.9. The van der Waals surface area contributed by atoms with E-state index in [1.165, 1.54) is 4.90 Å². The van der Waals surface area contributed by atoms with E-state index in [1.807, 2.05) is 34.6 Å². The van der Waals surface area contributed by atoms with Crippen LogP contribution >= 0.6 is 0 Å². The molecule has 0 saturated carbocycles. The van der Waals surface area contributed by atoms with Crippen LogP contribution in [0.5, 0.6) is 0 Å². The smallest absolute Gasteiger partial charge is 0.325 e. The molecule has 0 radical (unpaired) electrons. The van der Waals surface area contributed by atoms with Crippen LogP contribution in [0.3, 0.4) is 0 Å². The van der Waals surface area contributed by atoms with E-state index in [1.54, 1.807) is 45.7 Å². The van der Waals surface area contributed by atoms with Gasteiger partial charge in [0, 0.05) is 25.2 Å². The second-order valence-electron chi connectivity index (χ2n) is 15.6. The van der Waals surface area contributed by atoms with Gasteiger partial charge >= 0.3 is 5.97 Å². The predicted molar refractivity (Wildman–Crippen MR) is 180 cm³/mol. The molecule has 2 N–H and O–H groups in total. The first-order valence-electron chi connectivity index (χ1n) is 17.0. The summed E-state index contributed by atoms with van der Waals surface area (Å²) in [5.41, 5.74) is -0.788. The number of likely N-dealkylation sites (N-methyl/N-ethyl adjacent to an activating group) is 1. The van der Waals surface area contributed by atoms with Gasteiger partial charge in [-0.15, -0.1) is 0 Å². The minimum Gasteiger partial charge on any atom is -0.459 e. The van der Waals surface area contributed by atoms with E-state index in [4.69, 9.17) is 4.74 Å². The zero-order valence-corrected chi connectivity index (χ0v) is 30.5. The summed E-state index contributed by atoms with van der Waals surface area (Å²) in [5.74, 6) is -1.59. The third kappa shape index (κ3) is 10.8. The number of hydrogen-bond donors (Lipinski definition) is 2. The Hall–Kier alpha value is -2.95. The Labute approximate surface area is 277 Å². The number of carbonyl (C=O) groups is 5. The van der Waals surface area contributed by atoms with Gasteiger partial charge in [-0.1, -0.05) is 47.1 Å². The van der Waals surface area contributed by atoms with Gasteiger partial charge in [-0.25, -0.2) is 0 Å². The maximum absolute atomic E-state index is 14.1. The van der Waals surface area contributed by atoms with Gasteiger partial charge in [-0.05, 0) is 85.1 Å². The molecule has 2 fully saturated rings. The van der Waals surface area contributed by atoms with Gasteiger partial charge < -0.3 is 25.2 Å². The predicted octanol–water partition coefficient (Wildman–Crippen LogP) is 3.66. The van der Waals surface area contributed by atoms with Crippen LogP contribution in [0.2, 0.25) is 0 Å². The number of nitrogens with one attached hydrogen (secondary N) is 2. The summed E-state index contributed by atoms with van der Waals surface area (Å²) in [4.78, 5) is 71.9. The number of hydrogen-bond acceptors (Lipinski definition) is 7. The van der Waals surface area contributed by atoms with Gasteiger partial charge in [0.05, 0.1) is 12.1 Å². The molecule has 0 bridgehead atoms. The Morgan fingerprint density at radius 1 is 0.891 bits per heavy atom. The van der Waals surface area contributed by atoms with Gasteiger partial charge in [-0.3, -0.25) is 28.9 Å². The van der Waals surface area contributed by atoms with Crippen molar-refractivity contribution in [3.8, 4) is 0 Å². The van der Waals surface area contributed by atoms with Crippen molar-refractivity contribution >= 4 is 29.6 Å². The van der Waals surface area contributed by atoms with Crippen LogP contribution in [0, 0.1) is 11.3 Å². The third-order valence-corrected chi connectivity index (χ3v) is 8.79. The number of amides is 4. The first-order valence-corrected chi connectivity index (χ1v) is 17.0. The van der Waals surface area contributed by atoms with Crippen LogP contribution in [-0.4, -0.2) is 107 Å². The van der Waals surface area contributed by atoms with Crippen LogP contribution in [0.25, 0.3) is 0 Å². The van der Waals surface area contributed by atoms with E-state index < -0.39 is 41.0 Å². The van der Waals surface area contributed by atoms with E-state index in [2.05, 4.69) is 29.4 Å². The lowest BCUT2D eigenvalue weighted by molar-refractivity contribution is -0.154. The zero-order chi connectivity index (χ0) is 35.1. The summed E-state index contributed by atoms with van der Waals surface area (Å²) in [6.45, 7) is 22.0.